The highest BCUT2D eigenvalue weighted by molar-refractivity contribution is 6.03. The van der Waals surface area contributed by atoms with Gasteiger partial charge in [0, 0.05) is 50.2 Å². The van der Waals surface area contributed by atoms with Gasteiger partial charge < -0.3 is 10.1 Å². The van der Waals surface area contributed by atoms with Crippen molar-refractivity contribution in [3.8, 4) is 22.8 Å². The van der Waals surface area contributed by atoms with Crippen molar-refractivity contribution < 1.29 is 9.53 Å². The molecule has 166 valence electrons. The molecular weight excluding hydrogens is 422 g/mol. The Balaban J connectivity index is 1.27. The lowest BCUT2D eigenvalue weighted by Gasteiger charge is -2.10. The lowest BCUT2D eigenvalue weighted by Crippen LogP contribution is -2.30. The van der Waals surface area contributed by atoms with Crippen molar-refractivity contribution in [3.63, 3.8) is 0 Å². The number of pyridine rings is 2. The monoisotopic (exact) mass is 443 g/mol. The number of hydrogen-bond donors (Lipinski definition) is 1. The maximum Gasteiger partial charge on any atom is 0.266 e. The fourth-order valence-electron chi connectivity index (χ4n) is 3.45. The fourth-order valence-corrected chi connectivity index (χ4v) is 3.45. The molecule has 10 nitrogen and oxygen atoms in total. The van der Waals surface area contributed by atoms with E-state index in [1.165, 1.54) is 17.0 Å². The third kappa shape index (κ3) is 4.36. The van der Waals surface area contributed by atoms with Crippen molar-refractivity contribution in [2.24, 2.45) is 14.1 Å². The number of carbonyl (C=O) groups is 1. The molecule has 1 fully saturated rings. The first-order chi connectivity index (χ1) is 16.0. The molecule has 1 N–H and O–H groups in total. The van der Waals surface area contributed by atoms with Gasteiger partial charge in [-0.3, -0.25) is 23.8 Å². The van der Waals surface area contributed by atoms with E-state index in [2.05, 4.69) is 25.4 Å². The Labute approximate surface area is 188 Å². The molecule has 4 heterocycles. The number of nitrogens with one attached hydrogen (secondary N) is 1. The summed E-state index contributed by atoms with van der Waals surface area (Å²) < 4.78 is 9.02. The zero-order valence-corrected chi connectivity index (χ0v) is 18.1. The topological polar surface area (TPSA) is 117 Å². The highest BCUT2D eigenvalue weighted by Gasteiger charge is 2.28. The SMILES string of the molecule is Cn1cc(-c2cc(Oc3ccc(NC(=O)c4cnc(C5CC5)n(C)c4=O)nc3)ccn2)cn1. The molecule has 0 aliphatic heterocycles. The summed E-state index contributed by atoms with van der Waals surface area (Å²) >= 11 is 0. The number of aryl methyl sites for hydroxylation is 1. The average Bonchev–Trinajstić information content (AvgIpc) is 3.56. The van der Waals surface area contributed by atoms with E-state index in [1.54, 1.807) is 48.4 Å². The molecule has 1 saturated carbocycles. The predicted molar refractivity (Wildman–Crippen MR) is 120 cm³/mol. The Bertz CT molecular complexity index is 1390. The molecule has 1 aliphatic rings. The van der Waals surface area contributed by atoms with Crippen LogP contribution < -0.4 is 15.6 Å². The third-order valence-electron chi connectivity index (χ3n) is 5.34. The quantitative estimate of drug-likeness (QED) is 0.487. The predicted octanol–water partition coefficient (Wildman–Crippen LogP) is 2.89. The summed E-state index contributed by atoms with van der Waals surface area (Å²) in [6, 6.07) is 6.83. The van der Waals surface area contributed by atoms with Gasteiger partial charge in [0.25, 0.3) is 11.5 Å². The Hall–Kier alpha value is -4.34. The zero-order chi connectivity index (χ0) is 22.9. The lowest BCUT2D eigenvalue weighted by molar-refractivity contribution is 0.102. The molecule has 0 unspecified atom stereocenters. The minimum Gasteiger partial charge on any atom is -0.456 e. The van der Waals surface area contributed by atoms with Crippen LogP contribution in [0.3, 0.4) is 0 Å². The Kier molecular flexibility index (Phi) is 5.17. The molecule has 0 saturated heterocycles. The van der Waals surface area contributed by atoms with Gasteiger partial charge in [-0.1, -0.05) is 0 Å². The van der Waals surface area contributed by atoms with Crippen molar-refractivity contribution in [2.75, 3.05) is 5.32 Å². The summed E-state index contributed by atoms with van der Waals surface area (Å²) in [6.07, 6.45) is 10.1. The van der Waals surface area contributed by atoms with Crippen LogP contribution in [0.4, 0.5) is 5.82 Å². The molecule has 0 aromatic carbocycles. The van der Waals surface area contributed by atoms with Crippen molar-refractivity contribution in [1.29, 1.82) is 0 Å². The minimum absolute atomic E-state index is 0.0243. The fraction of sp³-hybridized carbons (Fsp3) is 0.217. The number of nitrogens with zero attached hydrogens (tertiary/aromatic N) is 6. The molecule has 1 amide bonds. The van der Waals surface area contributed by atoms with Crippen LogP contribution in [0, 0.1) is 0 Å². The van der Waals surface area contributed by atoms with E-state index in [4.69, 9.17) is 4.74 Å². The van der Waals surface area contributed by atoms with Crippen LogP contribution in [0.25, 0.3) is 11.3 Å². The van der Waals surface area contributed by atoms with Crippen LogP contribution in [0.15, 0.2) is 60.0 Å². The highest BCUT2D eigenvalue weighted by Crippen LogP contribution is 2.38. The van der Waals surface area contributed by atoms with Crippen molar-refractivity contribution in [1.82, 2.24) is 29.3 Å². The zero-order valence-electron chi connectivity index (χ0n) is 18.1. The van der Waals surface area contributed by atoms with Gasteiger partial charge >= 0.3 is 0 Å². The molecule has 4 aromatic heterocycles. The second-order valence-electron chi connectivity index (χ2n) is 7.88. The summed E-state index contributed by atoms with van der Waals surface area (Å²) in [5, 5.41) is 6.79. The van der Waals surface area contributed by atoms with Gasteiger partial charge in [0.05, 0.1) is 18.1 Å². The molecule has 0 bridgehead atoms. The van der Waals surface area contributed by atoms with Gasteiger partial charge in [0.2, 0.25) is 0 Å². The summed E-state index contributed by atoms with van der Waals surface area (Å²) in [4.78, 5) is 38.0. The average molecular weight is 443 g/mol. The second kappa shape index (κ2) is 8.30. The highest BCUT2D eigenvalue weighted by atomic mass is 16.5. The normalized spacial score (nSPS) is 13.0. The molecular formula is C23H21N7O3. The van der Waals surface area contributed by atoms with Crippen LogP contribution in [0.2, 0.25) is 0 Å². The summed E-state index contributed by atoms with van der Waals surface area (Å²) in [5.41, 5.74) is 1.22. The number of aromatic nitrogens is 6. The number of anilines is 1. The Morgan fingerprint density at radius 1 is 1.06 bits per heavy atom. The van der Waals surface area contributed by atoms with Crippen LogP contribution in [0.5, 0.6) is 11.5 Å². The molecule has 5 rings (SSSR count). The number of amides is 1. The van der Waals surface area contributed by atoms with Gasteiger partial charge in [0.1, 0.15) is 28.7 Å². The Morgan fingerprint density at radius 3 is 2.61 bits per heavy atom. The minimum atomic E-state index is -0.554. The number of rotatable bonds is 6. The smallest absolute Gasteiger partial charge is 0.266 e. The molecule has 4 aromatic rings. The van der Waals surface area contributed by atoms with E-state index < -0.39 is 5.91 Å². The molecule has 33 heavy (non-hydrogen) atoms. The van der Waals surface area contributed by atoms with Crippen molar-refractivity contribution >= 4 is 11.7 Å². The Morgan fingerprint density at radius 2 is 1.91 bits per heavy atom. The van der Waals surface area contributed by atoms with Crippen LogP contribution in [-0.4, -0.2) is 35.2 Å². The van der Waals surface area contributed by atoms with Gasteiger partial charge in [0.15, 0.2) is 0 Å². The molecule has 0 radical (unpaired) electrons. The summed E-state index contributed by atoms with van der Waals surface area (Å²) in [5.74, 6) is 1.86. The third-order valence-corrected chi connectivity index (χ3v) is 5.34. The first-order valence-electron chi connectivity index (χ1n) is 10.4. The first-order valence-corrected chi connectivity index (χ1v) is 10.4. The maximum atomic E-state index is 12.6. The van der Waals surface area contributed by atoms with Gasteiger partial charge in [-0.2, -0.15) is 5.10 Å². The standard InChI is InChI=1S/C23H21N7O3/c1-29-13-15(10-27-29)19-9-16(7-8-24-19)33-17-5-6-20(25-11-17)28-22(31)18-12-26-21(14-3-4-14)30(2)23(18)32/h5-14H,3-4H2,1-2H3,(H,25,28,31). The first kappa shape index (κ1) is 20.6. The summed E-state index contributed by atoms with van der Waals surface area (Å²) in [6.45, 7) is 0. The summed E-state index contributed by atoms with van der Waals surface area (Å²) in [7, 11) is 3.48. The van der Waals surface area contributed by atoms with Crippen LogP contribution in [0.1, 0.15) is 34.9 Å². The van der Waals surface area contributed by atoms with E-state index in [1.807, 2.05) is 13.2 Å². The van der Waals surface area contributed by atoms with Gasteiger partial charge in [-0.05, 0) is 31.0 Å². The second-order valence-corrected chi connectivity index (χ2v) is 7.88. The van der Waals surface area contributed by atoms with E-state index in [9.17, 15) is 9.59 Å². The van der Waals surface area contributed by atoms with E-state index in [0.717, 1.165) is 29.9 Å². The number of carbonyl (C=O) groups excluding carboxylic acids is 1. The van der Waals surface area contributed by atoms with Gasteiger partial charge in [-0.25, -0.2) is 9.97 Å². The lowest BCUT2D eigenvalue weighted by atomic mass is 10.2. The molecule has 0 atom stereocenters. The van der Waals surface area contributed by atoms with Gasteiger partial charge in [-0.15, -0.1) is 0 Å². The van der Waals surface area contributed by atoms with E-state index in [0.29, 0.717) is 23.2 Å². The number of hydrogen-bond acceptors (Lipinski definition) is 7. The largest absolute Gasteiger partial charge is 0.456 e. The van der Waals surface area contributed by atoms with Crippen molar-refractivity contribution in [2.45, 2.75) is 18.8 Å². The van der Waals surface area contributed by atoms with Crippen molar-refractivity contribution in [3.05, 3.63) is 77.0 Å². The molecule has 10 heteroatoms. The maximum absolute atomic E-state index is 12.6. The number of ether oxygens (including phenoxy) is 1. The molecule has 0 spiro atoms. The van der Waals surface area contributed by atoms with E-state index >= 15 is 0 Å². The van der Waals surface area contributed by atoms with E-state index in [-0.39, 0.29) is 11.1 Å². The molecule has 1 aliphatic carbocycles. The van der Waals surface area contributed by atoms with Crippen LogP contribution in [-0.2, 0) is 14.1 Å². The van der Waals surface area contributed by atoms with Crippen LogP contribution >= 0.6 is 0 Å².